The van der Waals surface area contributed by atoms with Crippen molar-refractivity contribution in [1.29, 1.82) is 0 Å². The van der Waals surface area contributed by atoms with Crippen molar-refractivity contribution in [3.63, 3.8) is 0 Å². The molecule has 0 saturated heterocycles. The first-order valence-corrected chi connectivity index (χ1v) is 13.1. The molecule has 3 aromatic rings. The fraction of sp³-hybridized carbons (Fsp3) is 0.438. The number of aryl methyl sites for hydroxylation is 1. The predicted molar refractivity (Wildman–Crippen MR) is 147 cm³/mol. The number of nitrogens with zero attached hydrogens (tertiary/aromatic N) is 1. The molecule has 0 bridgehead atoms. The molecule has 0 aliphatic rings. The third-order valence-corrected chi connectivity index (χ3v) is 6.61. The zero-order valence-corrected chi connectivity index (χ0v) is 21.5. The molecule has 0 radical (unpaired) electrons. The van der Waals surface area contributed by atoms with Gasteiger partial charge in [-0.3, -0.25) is 0 Å². The summed E-state index contributed by atoms with van der Waals surface area (Å²) in [6, 6.07) is 27.6. The summed E-state index contributed by atoms with van der Waals surface area (Å²) in [4.78, 5) is 2.43. The number of benzene rings is 3. The van der Waals surface area contributed by atoms with E-state index < -0.39 is 0 Å². The van der Waals surface area contributed by atoms with Crippen molar-refractivity contribution in [2.75, 3.05) is 4.90 Å². The normalized spacial score (nSPS) is 11.4. The van der Waals surface area contributed by atoms with Crippen LogP contribution in [0, 0.1) is 0 Å². The van der Waals surface area contributed by atoms with Gasteiger partial charge >= 0.3 is 0 Å². The van der Waals surface area contributed by atoms with Crippen LogP contribution in [-0.2, 0) is 6.42 Å². The molecule has 1 nitrogen and oxygen atoms in total. The van der Waals surface area contributed by atoms with E-state index in [4.69, 9.17) is 0 Å². The van der Waals surface area contributed by atoms with Gasteiger partial charge in [0.05, 0.1) is 0 Å². The van der Waals surface area contributed by atoms with Crippen molar-refractivity contribution in [2.45, 2.75) is 91.5 Å². The molecule has 1 heteroatoms. The first-order valence-electron chi connectivity index (χ1n) is 13.1. The number of rotatable bonds is 12. The van der Waals surface area contributed by atoms with E-state index >= 15 is 0 Å². The van der Waals surface area contributed by atoms with Gasteiger partial charge in [-0.05, 0) is 79.1 Å². The minimum absolute atomic E-state index is 0.394. The van der Waals surface area contributed by atoms with Crippen molar-refractivity contribution < 1.29 is 0 Å². The fourth-order valence-corrected chi connectivity index (χ4v) is 4.55. The van der Waals surface area contributed by atoms with Gasteiger partial charge in [0.2, 0.25) is 0 Å². The highest BCUT2D eigenvalue weighted by molar-refractivity contribution is 5.70. The molecule has 0 spiro atoms. The molecule has 0 aliphatic heterocycles. The standard InChI is InChI=1S/C32H43N/c1-6-7-8-9-10-11-12-27-13-21-31(22-14-27)33(26(4)5)32-23-19-30(20-24-32)29-17-15-28(16-18-29)25(2)3/h13-26H,6-12H2,1-5H3. The van der Waals surface area contributed by atoms with Crippen LogP contribution in [0.5, 0.6) is 0 Å². The lowest BCUT2D eigenvalue weighted by molar-refractivity contribution is 0.607. The molecule has 176 valence electrons. The second-order valence-electron chi connectivity index (χ2n) is 9.97. The largest absolute Gasteiger partial charge is 0.339 e. The SMILES string of the molecule is CCCCCCCCc1ccc(N(c2ccc(-c3ccc(C(C)C)cc3)cc2)C(C)C)cc1. The highest BCUT2D eigenvalue weighted by atomic mass is 15.2. The molecule has 3 rings (SSSR count). The number of anilines is 2. The van der Waals surface area contributed by atoms with Crippen molar-refractivity contribution in [2.24, 2.45) is 0 Å². The van der Waals surface area contributed by atoms with Gasteiger partial charge in [0.15, 0.2) is 0 Å². The summed E-state index contributed by atoms with van der Waals surface area (Å²) in [5, 5.41) is 0. The Morgan fingerprint density at radius 2 is 1.06 bits per heavy atom. The summed E-state index contributed by atoms with van der Waals surface area (Å²) in [6.45, 7) is 11.3. The van der Waals surface area contributed by atoms with Crippen LogP contribution in [0.3, 0.4) is 0 Å². The molecule has 0 N–H and O–H groups in total. The summed E-state index contributed by atoms with van der Waals surface area (Å²) >= 11 is 0. The van der Waals surface area contributed by atoms with E-state index in [-0.39, 0.29) is 0 Å². The molecule has 0 aromatic heterocycles. The minimum atomic E-state index is 0.394. The maximum absolute atomic E-state index is 2.43. The lowest BCUT2D eigenvalue weighted by atomic mass is 9.98. The summed E-state index contributed by atoms with van der Waals surface area (Å²) < 4.78 is 0. The maximum Gasteiger partial charge on any atom is 0.0413 e. The maximum atomic E-state index is 2.43. The van der Waals surface area contributed by atoms with Gasteiger partial charge in [-0.1, -0.05) is 101 Å². The Morgan fingerprint density at radius 3 is 1.58 bits per heavy atom. The number of unbranched alkanes of at least 4 members (excludes halogenated alkanes) is 5. The highest BCUT2D eigenvalue weighted by Crippen LogP contribution is 2.31. The van der Waals surface area contributed by atoms with Gasteiger partial charge in [0.1, 0.15) is 0 Å². The van der Waals surface area contributed by atoms with Crippen molar-refractivity contribution in [1.82, 2.24) is 0 Å². The molecular weight excluding hydrogens is 398 g/mol. The zero-order valence-electron chi connectivity index (χ0n) is 21.5. The first-order chi connectivity index (χ1) is 16.0. The molecule has 0 fully saturated rings. The van der Waals surface area contributed by atoms with Crippen molar-refractivity contribution in [3.05, 3.63) is 83.9 Å². The summed E-state index contributed by atoms with van der Waals surface area (Å²) in [7, 11) is 0. The molecular formula is C32H43N. The number of hydrogen-bond acceptors (Lipinski definition) is 1. The van der Waals surface area contributed by atoms with E-state index in [1.54, 1.807) is 0 Å². The third kappa shape index (κ3) is 7.22. The zero-order chi connectivity index (χ0) is 23.6. The Hall–Kier alpha value is -2.54. The van der Waals surface area contributed by atoms with Crippen LogP contribution < -0.4 is 4.90 Å². The van der Waals surface area contributed by atoms with Crippen molar-refractivity contribution >= 4 is 11.4 Å². The van der Waals surface area contributed by atoms with E-state index in [1.807, 2.05) is 0 Å². The van der Waals surface area contributed by atoms with E-state index in [2.05, 4.69) is 112 Å². The second kappa shape index (κ2) is 12.6. The minimum Gasteiger partial charge on any atom is -0.339 e. The van der Waals surface area contributed by atoms with Crippen molar-refractivity contribution in [3.8, 4) is 11.1 Å². The Balaban J connectivity index is 1.66. The average molecular weight is 442 g/mol. The Kier molecular flexibility index (Phi) is 9.61. The lowest BCUT2D eigenvalue weighted by Crippen LogP contribution is -2.25. The third-order valence-electron chi connectivity index (χ3n) is 6.61. The molecule has 0 unspecified atom stereocenters. The molecule has 0 atom stereocenters. The monoisotopic (exact) mass is 441 g/mol. The van der Waals surface area contributed by atoms with Gasteiger partial charge in [-0.25, -0.2) is 0 Å². The van der Waals surface area contributed by atoms with Crippen LogP contribution >= 0.6 is 0 Å². The Morgan fingerprint density at radius 1 is 0.576 bits per heavy atom. The summed E-state index contributed by atoms with van der Waals surface area (Å²) in [5.74, 6) is 0.568. The highest BCUT2D eigenvalue weighted by Gasteiger charge is 2.13. The van der Waals surface area contributed by atoms with Gasteiger partial charge in [-0.2, -0.15) is 0 Å². The Labute approximate surface area is 202 Å². The van der Waals surface area contributed by atoms with Crippen LogP contribution in [0.4, 0.5) is 11.4 Å². The van der Waals surface area contributed by atoms with E-state index in [9.17, 15) is 0 Å². The Bertz CT molecular complexity index is 933. The predicted octanol–water partition coefficient (Wildman–Crippen LogP) is 9.93. The lowest BCUT2D eigenvalue weighted by Gasteiger charge is -2.29. The number of hydrogen-bond donors (Lipinski definition) is 0. The molecule has 0 heterocycles. The average Bonchev–Trinajstić information content (AvgIpc) is 2.83. The van der Waals surface area contributed by atoms with E-state index in [0.717, 1.165) is 0 Å². The van der Waals surface area contributed by atoms with Crippen LogP contribution in [0.2, 0.25) is 0 Å². The van der Waals surface area contributed by atoms with E-state index in [1.165, 1.54) is 78.6 Å². The van der Waals surface area contributed by atoms with Gasteiger partial charge < -0.3 is 4.90 Å². The van der Waals surface area contributed by atoms with Crippen LogP contribution in [0.1, 0.15) is 90.2 Å². The quantitative estimate of drug-likeness (QED) is 0.253. The van der Waals surface area contributed by atoms with Crippen LogP contribution in [0.15, 0.2) is 72.8 Å². The van der Waals surface area contributed by atoms with Crippen LogP contribution in [-0.4, -0.2) is 6.04 Å². The second-order valence-corrected chi connectivity index (χ2v) is 9.97. The van der Waals surface area contributed by atoms with Gasteiger partial charge in [0, 0.05) is 17.4 Å². The van der Waals surface area contributed by atoms with Crippen LogP contribution in [0.25, 0.3) is 11.1 Å². The van der Waals surface area contributed by atoms with E-state index in [0.29, 0.717) is 12.0 Å². The molecule has 0 saturated carbocycles. The smallest absolute Gasteiger partial charge is 0.0413 e. The molecule has 0 amide bonds. The van der Waals surface area contributed by atoms with Gasteiger partial charge in [-0.15, -0.1) is 0 Å². The first kappa shape index (κ1) is 25.1. The molecule has 33 heavy (non-hydrogen) atoms. The topological polar surface area (TPSA) is 3.24 Å². The molecule has 0 aliphatic carbocycles. The fourth-order valence-electron chi connectivity index (χ4n) is 4.55. The molecule has 3 aromatic carbocycles. The summed E-state index contributed by atoms with van der Waals surface area (Å²) in [5.41, 5.74) is 7.91. The van der Waals surface area contributed by atoms with Gasteiger partial charge in [0.25, 0.3) is 0 Å². The summed E-state index contributed by atoms with van der Waals surface area (Å²) in [6.07, 6.45) is 9.32.